The molecule has 0 saturated carbocycles. The first-order valence-corrected chi connectivity index (χ1v) is 6.41. The number of allylic oxidation sites excluding steroid dienone is 1. The number of hydrogen-bond donors (Lipinski definition) is 1. The minimum absolute atomic E-state index is 0.411. The molecule has 0 aliphatic rings. The van der Waals surface area contributed by atoms with E-state index < -0.39 is 0 Å². The van der Waals surface area contributed by atoms with Crippen molar-refractivity contribution in [2.24, 2.45) is 0 Å². The lowest BCUT2D eigenvalue weighted by Gasteiger charge is -2.17. The van der Waals surface area contributed by atoms with Gasteiger partial charge >= 0.3 is 0 Å². The van der Waals surface area contributed by atoms with E-state index in [1.54, 1.807) is 0 Å². The van der Waals surface area contributed by atoms with Gasteiger partial charge in [-0.25, -0.2) is 0 Å². The first kappa shape index (κ1) is 13.5. The fraction of sp³-hybridized carbons (Fsp3) is 0.429. The molecule has 1 unspecified atom stereocenters. The van der Waals surface area contributed by atoms with Crippen LogP contribution in [0.4, 0.5) is 0 Å². The second-order valence-electron chi connectivity index (χ2n) is 4.35. The Balaban J connectivity index is 2.78. The van der Waals surface area contributed by atoms with E-state index in [9.17, 15) is 0 Å². The standard InChI is InChI=1S/C14H20BrN/c1-10(2)5-8-14(16-4)12-7-6-11(3)13(15)9-12/h6-7,9,14,16H,1,5,8H2,2-4H3. The smallest absolute Gasteiger partial charge is 0.0320 e. The molecule has 1 N–H and O–H groups in total. The summed E-state index contributed by atoms with van der Waals surface area (Å²) >= 11 is 3.58. The van der Waals surface area contributed by atoms with Crippen molar-refractivity contribution in [1.82, 2.24) is 5.32 Å². The molecule has 0 fully saturated rings. The van der Waals surface area contributed by atoms with Crippen molar-refractivity contribution in [2.75, 3.05) is 7.05 Å². The van der Waals surface area contributed by atoms with E-state index in [1.807, 2.05) is 7.05 Å². The molecule has 2 heteroatoms. The highest BCUT2D eigenvalue weighted by Gasteiger charge is 2.09. The number of hydrogen-bond acceptors (Lipinski definition) is 1. The molecule has 0 amide bonds. The minimum atomic E-state index is 0.411. The molecular formula is C14H20BrN. The molecule has 0 heterocycles. The Bertz CT molecular complexity index is 371. The molecule has 1 nitrogen and oxygen atoms in total. The SMILES string of the molecule is C=C(C)CCC(NC)c1ccc(C)c(Br)c1. The lowest BCUT2D eigenvalue weighted by atomic mass is 9.99. The molecular weight excluding hydrogens is 262 g/mol. The monoisotopic (exact) mass is 281 g/mol. The summed E-state index contributed by atoms with van der Waals surface area (Å²) in [6, 6.07) is 6.97. The summed E-state index contributed by atoms with van der Waals surface area (Å²) in [5, 5.41) is 3.36. The molecule has 0 aliphatic carbocycles. The maximum absolute atomic E-state index is 3.95. The molecule has 16 heavy (non-hydrogen) atoms. The van der Waals surface area contributed by atoms with Crippen LogP contribution in [0.15, 0.2) is 34.8 Å². The second kappa shape index (κ2) is 6.21. The number of rotatable bonds is 5. The number of benzene rings is 1. The summed E-state index contributed by atoms with van der Waals surface area (Å²) in [5.74, 6) is 0. The van der Waals surface area contributed by atoms with E-state index in [4.69, 9.17) is 0 Å². The highest BCUT2D eigenvalue weighted by atomic mass is 79.9. The van der Waals surface area contributed by atoms with Crippen LogP contribution in [0.1, 0.15) is 36.9 Å². The second-order valence-corrected chi connectivity index (χ2v) is 5.20. The van der Waals surface area contributed by atoms with Gasteiger partial charge in [0.1, 0.15) is 0 Å². The molecule has 88 valence electrons. The van der Waals surface area contributed by atoms with Gasteiger partial charge in [0.15, 0.2) is 0 Å². The van der Waals surface area contributed by atoms with Gasteiger partial charge in [-0.15, -0.1) is 6.58 Å². The molecule has 1 atom stereocenters. The Morgan fingerprint density at radius 2 is 2.19 bits per heavy atom. The third-order valence-corrected chi connectivity index (χ3v) is 3.66. The lowest BCUT2D eigenvalue weighted by Crippen LogP contribution is -2.16. The van der Waals surface area contributed by atoms with E-state index in [0.29, 0.717) is 6.04 Å². The minimum Gasteiger partial charge on any atom is -0.313 e. The van der Waals surface area contributed by atoms with E-state index >= 15 is 0 Å². The van der Waals surface area contributed by atoms with Gasteiger partial charge in [0.25, 0.3) is 0 Å². The summed E-state index contributed by atoms with van der Waals surface area (Å²) in [6.07, 6.45) is 2.17. The quantitative estimate of drug-likeness (QED) is 0.790. The average Bonchev–Trinajstić information content (AvgIpc) is 2.23. The zero-order valence-electron chi connectivity index (χ0n) is 10.3. The van der Waals surface area contributed by atoms with Crippen LogP contribution in [0.3, 0.4) is 0 Å². The molecule has 1 aromatic rings. The Kier molecular flexibility index (Phi) is 5.23. The third kappa shape index (κ3) is 3.76. The summed E-state index contributed by atoms with van der Waals surface area (Å²) in [5.41, 5.74) is 3.85. The first-order valence-electron chi connectivity index (χ1n) is 5.62. The van der Waals surface area contributed by atoms with Crippen molar-refractivity contribution in [3.63, 3.8) is 0 Å². The summed E-state index contributed by atoms with van der Waals surface area (Å²) in [4.78, 5) is 0. The zero-order chi connectivity index (χ0) is 12.1. The van der Waals surface area contributed by atoms with Crippen LogP contribution in [-0.2, 0) is 0 Å². The van der Waals surface area contributed by atoms with Crippen LogP contribution in [0, 0.1) is 6.92 Å². The first-order chi connectivity index (χ1) is 7.54. The molecule has 0 saturated heterocycles. The van der Waals surface area contributed by atoms with Gasteiger partial charge in [-0.3, -0.25) is 0 Å². The van der Waals surface area contributed by atoms with Crippen molar-refractivity contribution < 1.29 is 0 Å². The predicted molar refractivity (Wildman–Crippen MR) is 74.7 cm³/mol. The highest BCUT2D eigenvalue weighted by Crippen LogP contribution is 2.25. The Morgan fingerprint density at radius 1 is 1.50 bits per heavy atom. The van der Waals surface area contributed by atoms with E-state index in [2.05, 4.69) is 59.9 Å². The van der Waals surface area contributed by atoms with Gasteiger partial charge in [0.2, 0.25) is 0 Å². The van der Waals surface area contributed by atoms with Crippen molar-refractivity contribution in [1.29, 1.82) is 0 Å². The van der Waals surface area contributed by atoms with Crippen LogP contribution in [0.2, 0.25) is 0 Å². The van der Waals surface area contributed by atoms with Gasteiger partial charge in [-0.1, -0.05) is 33.6 Å². The molecule has 0 aliphatic heterocycles. The molecule has 1 aromatic carbocycles. The fourth-order valence-electron chi connectivity index (χ4n) is 1.69. The number of nitrogens with one attached hydrogen (secondary N) is 1. The Morgan fingerprint density at radius 3 is 2.69 bits per heavy atom. The molecule has 1 rings (SSSR count). The van der Waals surface area contributed by atoms with Crippen LogP contribution < -0.4 is 5.32 Å². The molecule has 0 radical (unpaired) electrons. The van der Waals surface area contributed by atoms with Crippen LogP contribution in [0.5, 0.6) is 0 Å². The Hall–Kier alpha value is -0.600. The Labute approximate surface area is 107 Å². The van der Waals surface area contributed by atoms with Crippen LogP contribution in [-0.4, -0.2) is 7.05 Å². The predicted octanol–water partition coefficient (Wildman–Crippen LogP) is 4.37. The third-order valence-electron chi connectivity index (χ3n) is 2.81. The number of halogens is 1. The van der Waals surface area contributed by atoms with Gasteiger partial charge in [0, 0.05) is 10.5 Å². The van der Waals surface area contributed by atoms with Crippen molar-refractivity contribution >= 4 is 15.9 Å². The van der Waals surface area contributed by atoms with Crippen LogP contribution >= 0.6 is 15.9 Å². The fourth-order valence-corrected chi connectivity index (χ4v) is 2.09. The maximum atomic E-state index is 3.95. The summed E-state index contributed by atoms with van der Waals surface area (Å²) < 4.78 is 1.18. The normalized spacial score (nSPS) is 12.5. The van der Waals surface area contributed by atoms with Gasteiger partial charge in [-0.05, 0) is 50.9 Å². The molecule has 0 aromatic heterocycles. The van der Waals surface area contributed by atoms with Crippen molar-refractivity contribution in [2.45, 2.75) is 32.7 Å². The summed E-state index contributed by atoms with van der Waals surface area (Å²) in [7, 11) is 2.01. The molecule has 0 bridgehead atoms. The van der Waals surface area contributed by atoms with Crippen LogP contribution in [0.25, 0.3) is 0 Å². The lowest BCUT2D eigenvalue weighted by molar-refractivity contribution is 0.548. The van der Waals surface area contributed by atoms with E-state index in [-0.39, 0.29) is 0 Å². The van der Waals surface area contributed by atoms with Gasteiger partial charge in [-0.2, -0.15) is 0 Å². The summed E-state index contributed by atoms with van der Waals surface area (Å²) in [6.45, 7) is 8.14. The molecule has 0 spiro atoms. The highest BCUT2D eigenvalue weighted by molar-refractivity contribution is 9.10. The topological polar surface area (TPSA) is 12.0 Å². The van der Waals surface area contributed by atoms with Gasteiger partial charge in [0.05, 0.1) is 0 Å². The van der Waals surface area contributed by atoms with E-state index in [0.717, 1.165) is 12.8 Å². The number of aryl methyl sites for hydroxylation is 1. The van der Waals surface area contributed by atoms with Gasteiger partial charge < -0.3 is 5.32 Å². The average molecular weight is 282 g/mol. The van der Waals surface area contributed by atoms with Crippen molar-refractivity contribution in [3.05, 3.63) is 46.0 Å². The maximum Gasteiger partial charge on any atom is 0.0320 e. The van der Waals surface area contributed by atoms with E-state index in [1.165, 1.54) is 21.2 Å². The largest absolute Gasteiger partial charge is 0.313 e. The van der Waals surface area contributed by atoms with Crippen molar-refractivity contribution in [3.8, 4) is 0 Å². The zero-order valence-corrected chi connectivity index (χ0v) is 11.9.